The molecule has 3 aromatic rings. The van der Waals surface area contributed by atoms with Crippen LogP contribution in [0.5, 0.6) is 0 Å². The molecule has 5 rings (SSSR count). The Balaban J connectivity index is 1.37. The van der Waals surface area contributed by atoms with Crippen molar-refractivity contribution in [3.63, 3.8) is 0 Å². The molecule has 8 nitrogen and oxygen atoms in total. The second kappa shape index (κ2) is 5.90. The largest absolute Gasteiger partial charge is 0.354 e. The van der Waals surface area contributed by atoms with Gasteiger partial charge in [-0.3, -0.25) is 14.4 Å². The summed E-state index contributed by atoms with van der Waals surface area (Å²) in [6, 6.07) is 3.75. The monoisotopic (exact) mass is 367 g/mol. The van der Waals surface area contributed by atoms with E-state index in [1.165, 1.54) is 0 Å². The van der Waals surface area contributed by atoms with Gasteiger partial charge in [-0.05, 0) is 18.6 Å². The zero-order valence-electron chi connectivity index (χ0n) is 14.8. The molecule has 1 amide bonds. The number of amides is 1. The number of nitrogens with zero attached hydrogens (tertiary/aromatic N) is 7. The van der Waals surface area contributed by atoms with Crippen LogP contribution in [-0.4, -0.2) is 49.7 Å². The van der Waals surface area contributed by atoms with E-state index in [0.29, 0.717) is 31.6 Å². The summed E-state index contributed by atoms with van der Waals surface area (Å²) >= 11 is 0. The van der Waals surface area contributed by atoms with Gasteiger partial charge in [-0.25, -0.2) is 14.1 Å². The maximum absolute atomic E-state index is 13.4. The Kier molecular flexibility index (Phi) is 3.49. The van der Waals surface area contributed by atoms with Crippen molar-refractivity contribution in [1.82, 2.24) is 24.5 Å². The van der Waals surface area contributed by atoms with Crippen LogP contribution in [0.1, 0.15) is 22.5 Å². The standard InChI is InChI=1S/C18H18FN7O/c1-23-9-14(7-21-23)25-11-16-15(18(25)27)10-26(22-16)13-2-3-17(20-6-13)24-5-4-12(19)8-24/h2-3,6-7,9-10,12H,4-5,8,11H2,1H3. The highest BCUT2D eigenvalue weighted by atomic mass is 19.1. The highest BCUT2D eigenvalue weighted by Crippen LogP contribution is 2.28. The van der Waals surface area contributed by atoms with Gasteiger partial charge >= 0.3 is 0 Å². The van der Waals surface area contributed by atoms with Crippen LogP contribution in [-0.2, 0) is 13.6 Å². The summed E-state index contributed by atoms with van der Waals surface area (Å²) < 4.78 is 16.7. The first-order valence-corrected chi connectivity index (χ1v) is 8.83. The average Bonchev–Trinajstić information content (AvgIpc) is 3.42. The molecule has 5 heterocycles. The molecule has 0 N–H and O–H groups in total. The van der Waals surface area contributed by atoms with Crippen molar-refractivity contribution in [1.29, 1.82) is 0 Å². The fraction of sp³-hybridized carbons (Fsp3) is 0.333. The molecule has 2 aliphatic rings. The number of hydrogen-bond acceptors (Lipinski definition) is 5. The molecule has 1 saturated heterocycles. The van der Waals surface area contributed by atoms with Gasteiger partial charge in [0, 0.05) is 26.0 Å². The summed E-state index contributed by atoms with van der Waals surface area (Å²) in [7, 11) is 1.82. The number of halogens is 1. The number of pyridine rings is 1. The molecule has 1 fully saturated rings. The zero-order chi connectivity index (χ0) is 18.5. The van der Waals surface area contributed by atoms with Gasteiger partial charge in [-0.1, -0.05) is 0 Å². The van der Waals surface area contributed by atoms with Crippen molar-refractivity contribution in [2.24, 2.45) is 7.05 Å². The predicted octanol–water partition coefficient (Wildman–Crippen LogP) is 1.71. The van der Waals surface area contributed by atoms with Crippen LogP contribution in [0.2, 0.25) is 0 Å². The minimum atomic E-state index is -0.783. The smallest absolute Gasteiger partial charge is 0.262 e. The predicted molar refractivity (Wildman–Crippen MR) is 96.8 cm³/mol. The molecule has 1 atom stereocenters. The molecule has 0 spiro atoms. The maximum Gasteiger partial charge on any atom is 0.262 e. The van der Waals surface area contributed by atoms with Gasteiger partial charge < -0.3 is 4.90 Å². The lowest BCUT2D eigenvalue weighted by Gasteiger charge is -2.16. The van der Waals surface area contributed by atoms with Gasteiger partial charge in [0.15, 0.2) is 0 Å². The van der Waals surface area contributed by atoms with Crippen molar-refractivity contribution < 1.29 is 9.18 Å². The summed E-state index contributed by atoms with van der Waals surface area (Å²) in [5, 5.41) is 8.66. The summed E-state index contributed by atoms with van der Waals surface area (Å²) in [5.74, 6) is 0.678. The van der Waals surface area contributed by atoms with Gasteiger partial charge in [0.05, 0.1) is 48.1 Å². The Morgan fingerprint density at radius 1 is 1.19 bits per heavy atom. The Morgan fingerprint density at radius 3 is 2.70 bits per heavy atom. The minimum absolute atomic E-state index is 0.0834. The fourth-order valence-electron chi connectivity index (χ4n) is 3.59. The molecule has 2 aliphatic heterocycles. The second-order valence-corrected chi connectivity index (χ2v) is 6.90. The molecule has 138 valence electrons. The van der Waals surface area contributed by atoms with E-state index in [1.54, 1.807) is 39.1 Å². The molecule has 0 bridgehead atoms. The van der Waals surface area contributed by atoms with E-state index in [-0.39, 0.29) is 5.91 Å². The molecule has 3 aromatic heterocycles. The van der Waals surface area contributed by atoms with Gasteiger partial charge in [0.25, 0.3) is 5.91 Å². The number of carbonyl (C=O) groups excluding carboxylic acids is 1. The lowest BCUT2D eigenvalue weighted by atomic mass is 10.3. The van der Waals surface area contributed by atoms with Crippen molar-refractivity contribution in [3.05, 3.63) is 48.2 Å². The van der Waals surface area contributed by atoms with Crippen molar-refractivity contribution in [3.8, 4) is 5.69 Å². The third kappa shape index (κ3) is 2.66. The highest BCUT2D eigenvalue weighted by Gasteiger charge is 2.32. The molecule has 0 radical (unpaired) electrons. The van der Waals surface area contributed by atoms with Crippen LogP contribution in [0.25, 0.3) is 5.69 Å². The Labute approximate surface area is 154 Å². The molecule has 27 heavy (non-hydrogen) atoms. The van der Waals surface area contributed by atoms with E-state index in [1.807, 2.05) is 24.1 Å². The number of carbonyl (C=O) groups is 1. The van der Waals surface area contributed by atoms with Gasteiger partial charge in [0.2, 0.25) is 0 Å². The molecule has 1 unspecified atom stereocenters. The number of hydrogen-bond donors (Lipinski definition) is 0. The highest BCUT2D eigenvalue weighted by molar-refractivity contribution is 6.09. The third-order valence-electron chi connectivity index (χ3n) is 5.03. The number of rotatable bonds is 3. The fourth-order valence-corrected chi connectivity index (χ4v) is 3.59. The third-order valence-corrected chi connectivity index (χ3v) is 5.03. The minimum Gasteiger partial charge on any atom is -0.354 e. The molecule has 0 aliphatic carbocycles. The van der Waals surface area contributed by atoms with E-state index in [2.05, 4.69) is 15.2 Å². The lowest BCUT2D eigenvalue weighted by molar-refractivity contribution is 0.0996. The Morgan fingerprint density at radius 2 is 2.07 bits per heavy atom. The van der Waals surface area contributed by atoms with Crippen molar-refractivity contribution in [2.45, 2.75) is 19.1 Å². The van der Waals surface area contributed by atoms with E-state index < -0.39 is 6.17 Å². The van der Waals surface area contributed by atoms with Crippen LogP contribution in [0, 0.1) is 0 Å². The van der Waals surface area contributed by atoms with Gasteiger partial charge in [0.1, 0.15) is 12.0 Å². The zero-order valence-corrected chi connectivity index (χ0v) is 14.8. The number of aryl methyl sites for hydroxylation is 1. The molecule has 0 aromatic carbocycles. The van der Waals surface area contributed by atoms with Crippen LogP contribution in [0.4, 0.5) is 15.9 Å². The second-order valence-electron chi connectivity index (χ2n) is 6.90. The number of aromatic nitrogens is 5. The van der Waals surface area contributed by atoms with Crippen LogP contribution < -0.4 is 9.80 Å². The quantitative estimate of drug-likeness (QED) is 0.705. The SMILES string of the molecule is Cn1cc(N2Cc3nn(-c4ccc(N5CCC(F)C5)nc4)cc3C2=O)cn1. The first kappa shape index (κ1) is 16.0. The van der Waals surface area contributed by atoms with Gasteiger partial charge in [-0.15, -0.1) is 0 Å². The lowest BCUT2D eigenvalue weighted by Crippen LogP contribution is -2.23. The average molecular weight is 367 g/mol. The summed E-state index contributed by atoms with van der Waals surface area (Å²) in [6.45, 7) is 1.49. The van der Waals surface area contributed by atoms with E-state index in [9.17, 15) is 9.18 Å². The molecular formula is C18H18FN7O. The summed E-state index contributed by atoms with van der Waals surface area (Å²) in [4.78, 5) is 20.7. The summed E-state index contributed by atoms with van der Waals surface area (Å²) in [6.07, 6.45) is 6.67. The first-order valence-electron chi connectivity index (χ1n) is 8.83. The van der Waals surface area contributed by atoms with Crippen LogP contribution >= 0.6 is 0 Å². The topological polar surface area (TPSA) is 72.1 Å². The normalized spacial score (nSPS) is 19.2. The van der Waals surface area contributed by atoms with E-state index >= 15 is 0 Å². The van der Waals surface area contributed by atoms with E-state index in [4.69, 9.17) is 0 Å². The van der Waals surface area contributed by atoms with Gasteiger partial charge in [-0.2, -0.15) is 10.2 Å². The van der Waals surface area contributed by atoms with E-state index in [0.717, 1.165) is 22.9 Å². The number of anilines is 2. The number of alkyl halides is 1. The maximum atomic E-state index is 13.4. The van der Waals surface area contributed by atoms with Crippen molar-refractivity contribution >= 4 is 17.4 Å². The Bertz CT molecular complexity index is 1010. The van der Waals surface area contributed by atoms with Crippen LogP contribution in [0.15, 0.2) is 36.9 Å². The summed E-state index contributed by atoms with van der Waals surface area (Å²) in [5.41, 5.74) is 2.84. The van der Waals surface area contributed by atoms with Crippen molar-refractivity contribution in [2.75, 3.05) is 22.9 Å². The molecule has 0 saturated carbocycles. The molecular weight excluding hydrogens is 349 g/mol. The van der Waals surface area contributed by atoms with Crippen LogP contribution in [0.3, 0.4) is 0 Å². The molecule has 9 heteroatoms. The first-order chi connectivity index (χ1) is 13.1. The number of fused-ring (bicyclic) bond motifs is 1. The Hall–Kier alpha value is -3.23.